The van der Waals surface area contributed by atoms with Crippen molar-refractivity contribution in [1.29, 1.82) is 0 Å². The van der Waals surface area contributed by atoms with Crippen LogP contribution >= 0.6 is 0 Å². The van der Waals surface area contributed by atoms with E-state index in [1.165, 1.54) is 154 Å². The SMILES string of the molecule is CC/C=C/C/C=C/C/C=C/CCCCCC(O)C(=O)NC(COC1OC(CO)C(O)C(O)C1OC(=O)CCCCCCCCCCCCCCCC/C=C\C/C=C\C/C=C\CCCCC)C(O)/C=C/CCCCCCCCCCCCC. The van der Waals surface area contributed by atoms with E-state index in [0.29, 0.717) is 12.8 Å². The van der Waals surface area contributed by atoms with Crippen LogP contribution < -0.4 is 5.32 Å². The van der Waals surface area contributed by atoms with Crippen molar-refractivity contribution in [1.82, 2.24) is 5.32 Å². The van der Waals surface area contributed by atoms with Crippen molar-refractivity contribution >= 4 is 11.9 Å². The average molecular weight is 1150 g/mol. The molecule has 0 aromatic carbocycles. The number of nitrogens with one attached hydrogen (secondary N) is 1. The van der Waals surface area contributed by atoms with Crippen LogP contribution in [0.15, 0.2) is 85.1 Å². The molecule has 1 amide bonds. The Kier molecular flexibility index (Phi) is 54.6. The molecule has 8 atom stereocenters. The first-order chi connectivity index (χ1) is 40.2. The van der Waals surface area contributed by atoms with E-state index in [-0.39, 0.29) is 19.4 Å². The zero-order valence-corrected chi connectivity index (χ0v) is 52.6. The van der Waals surface area contributed by atoms with Crippen molar-refractivity contribution in [2.24, 2.45) is 0 Å². The number of rotatable bonds is 57. The minimum Gasteiger partial charge on any atom is -0.454 e. The normalized spacial score (nSPS) is 19.1. The Hall–Kier alpha value is -3.16. The van der Waals surface area contributed by atoms with Crippen LogP contribution in [0.2, 0.25) is 0 Å². The summed E-state index contributed by atoms with van der Waals surface area (Å²) in [6, 6.07) is -1.04. The quantitative estimate of drug-likeness (QED) is 0.0195. The molecule has 11 nitrogen and oxygen atoms in total. The number of unbranched alkanes of at least 4 members (excludes halogenated alkanes) is 31. The van der Waals surface area contributed by atoms with Crippen LogP contribution in [0, 0.1) is 0 Å². The summed E-state index contributed by atoms with van der Waals surface area (Å²) in [7, 11) is 0. The molecule has 0 radical (unpaired) electrons. The highest BCUT2D eigenvalue weighted by atomic mass is 16.7. The molecule has 0 saturated carbocycles. The fourth-order valence-corrected chi connectivity index (χ4v) is 10.2. The standard InChI is InChI=1S/C71H125NO10/c1-4-7-10-13-16-19-22-25-26-27-28-29-30-31-32-33-34-35-36-37-38-41-44-47-50-53-56-59-66(76)82-69-68(78)67(77)65(60-73)81-71(69)80-61-62(63(74)57-54-51-48-45-42-39-23-20-17-14-11-8-5-2)72-70(79)64(75)58-55-52-49-46-43-40-24-21-18-15-12-9-6-3/h9,12,16,18-19,21,25-26,28-29,40,43,54,57,62-65,67-69,71,73-75,77-78H,4-8,10-11,13-15,17,20,22-24,27,30-39,41-42,44-53,55-56,58-61H2,1-3H3,(H,72,79)/b12-9+,19-16-,21-18+,26-25-,29-28-,43-40+,57-54+. The van der Waals surface area contributed by atoms with E-state index in [2.05, 4.69) is 99.0 Å². The maximum absolute atomic E-state index is 13.4. The van der Waals surface area contributed by atoms with E-state index >= 15 is 0 Å². The molecule has 1 fully saturated rings. The molecule has 11 heteroatoms. The van der Waals surface area contributed by atoms with Gasteiger partial charge in [-0.1, -0.05) is 273 Å². The molecule has 82 heavy (non-hydrogen) atoms. The Bertz CT molecular complexity index is 1660. The number of aliphatic hydroxyl groups excluding tert-OH is 5. The van der Waals surface area contributed by atoms with Crippen LogP contribution in [0.25, 0.3) is 0 Å². The van der Waals surface area contributed by atoms with Crippen LogP contribution in [0.1, 0.15) is 290 Å². The van der Waals surface area contributed by atoms with Crippen LogP contribution in [-0.2, 0) is 23.8 Å². The van der Waals surface area contributed by atoms with E-state index < -0.39 is 67.4 Å². The van der Waals surface area contributed by atoms with E-state index in [9.17, 15) is 35.1 Å². The van der Waals surface area contributed by atoms with Crippen molar-refractivity contribution in [3.05, 3.63) is 85.1 Å². The van der Waals surface area contributed by atoms with Gasteiger partial charge in [-0.2, -0.15) is 0 Å². The molecule has 0 bridgehead atoms. The van der Waals surface area contributed by atoms with Crippen molar-refractivity contribution in [2.75, 3.05) is 13.2 Å². The summed E-state index contributed by atoms with van der Waals surface area (Å²) in [6.07, 6.45) is 66.3. The fraction of sp³-hybridized carbons (Fsp3) is 0.775. The van der Waals surface area contributed by atoms with Gasteiger partial charge in [-0.3, -0.25) is 9.59 Å². The number of amides is 1. The lowest BCUT2D eigenvalue weighted by molar-refractivity contribution is -0.305. The highest BCUT2D eigenvalue weighted by molar-refractivity contribution is 5.80. The van der Waals surface area contributed by atoms with Crippen LogP contribution in [-0.4, -0.2) is 99.6 Å². The summed E-state index contributed by atoms with van der Waals surface area (Å²) in [6.45, 7) is 5.65. The third kappa shape index (κ3) is 45.2. The minimum absolute atomic E-state index is 0.117. The smallest absolute Gasteiger partial charge is 0.306 e. The molecule has 6 N–H and O–H groups in total. The molecule has 1 aliphatic heterocycles. The molecule has 0 aromatic rings. The molecule has 0 aromatic heterocycles. The van der Waals surface area contributed by atoms with Crippen molar-refractivity contribution in [3.8, 4) is 0 Å². The lowest BCUT2D eigenvalue weighted by Crippen LogP contribution is -2.61. The summed E-state index contributed by atoms with van der Waals surface area (Å²) < 4.78 is 17.7. The van der Waals surface area contributed by atoms with Gasteiger partial charge in [-0.25, -0.2) is 0 Å². The van der Waals surface area contributed by atoms with Crippen molar-refractivity contribution in [2.45, 2.75) is 339 Å². The largest absolute Gasteiger partial charge is 0.454 e. The fourth-order valence-electron chi connectivity index (χ4n) is 10.2. The molecule has 0 spiro atoms. The lowest BCUT2D eigenvalue weighted by atomic mass is 9.99. The van der Waals surface area contributed by atoms with E-state index in [4.69, 9.17) is 14.2 Å². The molecule has 1 aliphatic rings. The summed E-state index contributed by atoms with van der Waals surface area (Å²) in [5, 5.41) is 57.1. The van der Waals surface area contributed by atoms with Gasteiger partial charge in [0.2, 0.25) is 5.91 Å². The molecular formula is C71H125NO10. The number of allylic oxidation sites excluding steroid dienone is 13. The third-order valence-corrected chi connectivity index (χ3v) is 15.5. The second-order valence-corrected chi connectivity index (χ2v) is 23.2. The number of hydrogen-bond donors (Lipinski definition) is 6. The number of esters is 1. The van der Waals surface area contributed by atoms with Gasteiger partial charge in [0.25, 0.3) is 0 Å². The maximum Gasteiger partial charge on any atom is 0.306 e. The molecule has 0 aliphatic carbocycles. The van der Waals surface area contributed by atoms with E-state index in [0.717, 1.165) is 89.9 Å². The van der Waals surface area contributed by atoms with Gasteiger partial charge in [0.05, 0.1) is 25.4 Å². The van der Waals surface area contributed by atoms with Crippen LogP contribution in [0.4, 0.5) is 0 Å². The van der Waals surface area contributed by atoms with Gasteiger partial charge in [0.1, 0.15) is 24.4 Å². The highest BCUT2D eigenvalue weighted by Gasteiger charge is 2.47. The monoisotopic (exact) mass is 1150 g/mol. The summed E-state index contributed by atoms with van der Waals surface area (Å²) >= 11 is 0. The summed E-state index contributed by atoms with van der Waals surface area (Å²) in [5.74, 6) is -1.22. The summed E-state index contributed by atoms with van der Waals surface area (Å²) in [5.41, 5.74) is 0. The first kappa shape index (κ1) is 76.9. The van der Waals surface area contributed by atoms with Gasteiger partial charge in [-0.15, -0.1) is 0 Å². The summed E-state index contributed by atoms with van der Waals surface area (Å²) in [4.78, 5) is 26.6. The number of carbonyl (C=O) groups excluding carboxylic acids is 2. The Morgan fingerprint density at radius 3 is 1.34 bits per heavy atom. The third-order valence-electron chi connectivity index (χ3n) is 15.5. The zero-order chi connectivity index (χ0) is 59.6. The van der Waals surface area contributed by atoms with E-state index in [1.54, 1.807) is 6.08 Å². The molecule has 1 heterocycles. The Morgan fingerprint density at radius 1 is 0.488 bits per heavy atom. The Labute approximate surface area is 502 Å². The molecule has 474 valence electrons. The van der Waals surface area contributed by atoms with Gasteiger partial charge in [0, 0.05) is 6.42 Å². The minimum atomic E-state index is -1.62. The van der Waals surface area contributed by atoms with Gasteiger partial charge < -0.3 is 45.1 Å². The molecule has 1 rings (SSSR count). The van der Waals surface area contributed by atoms with Crippen LogP contribution in [0.5, 0.6) is 0 Å². The van der Waals surface area contributed by atoms with E-state index in [1.807, 2.05) is 6.08 Å². The zero-order valence-electron chi connectivity index (χ0n) is 52.6. The molecule has 1 saturated heterocycles. The molecular weight excluding hydrogens is 1030 g/mol. The topological polar surface area (TPSA) is 175 Å². The number of hydrogen-bond acceptors (Lipinski definition) is 10. The van der Waals surface area contributed by atoms with Gasteiger partial charge in [-0.05, 0) is 96.3 Å². The predicted octanol–water partition coefficient (Wildman–Crippen LogP) is 16.9. The first-order valence-corrected chi connectivity index (χ1v) is 33.9. The van der Waals surface area contributed by atoms with Crippen LogP contribution in [0.3, 0.4) is 0 Å². The van der Waals surface area contributed by atoms with Crippen molar-refractivity contribution in [3.63, 3.8) is 0 Å². The number of carbonyl (C=O) groups is 2. The Morgan fingerprint density at radius 2 is 0.878 bits per heavy atom. The van der Waals surface area contributed by atoms with Crippen molar-refractivity contribution < 1.29 is 49.3 Å². The first-order valence-electron chi connectivity index (χ1n) is 33.9. The highest BCUT2D eigenvalue weighted by Crippen LogP contribution is 2.26. The average Bonchev–Trinajstić information content (AvgIpc) is 3.45. The predicted molar refractivity (Wildman–Crippen MR) is 342 cm³/mol. The number of aliphatic hydroxyl groups is 5. The Balaban J connectivity index is 2.56. The van der Waals surface area contributed by atoms with Gasteiger partial charge >= 0.3 is 5.97 Å². The maximum atomic E-state index is 13.4. The lowest BCUT2D eigenvalue weighted by Gasteiger charge is -2.41. The second-order valence-electron chi connectivity index (χ2n) is 23.2. The van der Waals surface area contributed by atoms with Gasteiger partial charge in [0.15, 0.2) is 12.4 Å². The second kappa shape index (κ2) is 58.2. The number of ether oxygens (including phenoxy) is 3. The molecule has 8 unspecified atom stereocenters.